The van der Waals surface area contributed by atoms with Crippen LogP contribution in [0, 0.1) is 0 Å². The quantitative estimate of drug-likeness (QED) is 0.872. The van der Waals surface area contributed by atoms with E-state index in [2.05, 4.69) is 18.2 Å². The van der Waals surface area contributed by atoms with Crippen molar-refractivity contribution in [3.05, 3.63) is 29.3 Å². The molecule has 1 heterocycles. The first-order valence-electron chi connectivity index (χ1n) is 5.72. The van der Waals surface area contributed by atoms with Gasteiger partial charge in [-0.2, -0.15) is 0 Å². The van der Waals surface area contributed by atoms with Crippen LogP contribution in [0.2, 0.25) is 0 Å². The van der Waals surface area contributed by atoms with Gasteiger partial charge in [-0.25, -0.2) is 0 Å². The molecule has 0 unspecified atom stereocenters. The Labute approximate surface area is 100 Å². The third-order valence-electron chi connectivity index (χ3n) is 2.84. The van der Waals surface area contributed by atoms with Gasteiger partial charge in [0.05, 0.1) is 0 Å². The lowest BCUT2D eigenvalue weighted by atomic mass is 10.0. The van der Waals surface area contributed by atoms with Crippen LogP contribution in [0.4, 0.5) is 0 Å². The van der Waals surface area contributed by atoms with Crippen molar-refractivity contribution in [1.82, 2.24) is 0 Å². The number of carboxylic acid groups (broad SMARTS) is 1. The minimum absolute atomic E-state index is 0.268. The van der Waals surface area contributed by atoms with Crippen molar-refractivity contribution in [2.45, 2.75) is 37.0 Å². The summed E-state index contributed by atoms with van der Waals surface area (Å²) < 4.78 is 0. The van der Waals surface area contributed by atoms with Crippen LogP contribution in [0.25, 0.3) is 0 Å². The largest absolute Gasteiger partial charge is 0.481 e. The van der Waals surface area contributed by atoms with Gasteiger partial charge in [-0.05, 0) is 48.6 Å². The molecule has 0 bridgehead atoms. The zero-order valence-corrected chi connectivity index (χ0v) is 10.1. The van der Waals surface area contributed by atoms with E-state index in [1.54, 1.807) is 0 Å². The SMILES string of the molecule is O=C(O)CCCc1ccc2c(c1)SCCC2. The number of hydrogen-bond donors (Lipinski definition) is 1. The van der Waals surface area contributed by atoms with E-state index in [0.717, 1.165) is 12.8 Å². The molecule has 2 nitrogen and oxygen atoms in total. The lowest BCUT2D eigenvalue weighted by molar-refractivity contribution is -0.137. The molecule has 1 aliphatic rings. The van der Waals surface area contributed by atoms with Crippen LogP contribution < -0.4 is 0 Å². The number of carboxylic acids is 1. The van der Waals surface area contributed by atoms with E-state index in [0.29, 0.717) is 0 Å². The fourth-order valence-corrected chi connectivity index (χ4v) is 3.08. The second kappa shape index (κ2) is 5.39. The molecule has 16 heavy (non-hydrogen) atoms. The maximum atomic E-state index is 10.4. The monoisotopic (exact) mass is 236 g/mol. The Morgan fingerprint density at radius 2 is 2.31 bits per heavy atom. The average molecular weight is 236 g/mol. The van der Waals surface area contributed by atoms with Crippen LogP contribution in [-0.2, 0) is 17.6 Å². The Morgan fingerprint density at radius 1 is 1.44 bits per heavy atom. The van der Waals surface area contributed by atoms with Crippen LogP contribution >= 0.6 is 11.8 Å². The van der Waals surface area contributed by atoms with Crippen LogP contribution in [0.3, 0.4) is 0 Å². The lowest BCUT2D eigenvalue weighted by Crippen LogP contribution is -2.00. The van der Waals surface area contributed by atoms with Gasteiger partial charge < -0.3 is 5.11 Å². The van der Waals surface area contributed by atoms with Gasteiger partial charge in [0.15, 0.2) is 0 Å². The van der Waals surface area contributed by atoms with Crippen molar-refractivity contribution < 1.29 is 9.90 Å². The number of rotatable bonds is 4. The van der Waals surface area contributed by atoms with E-state index in [9.17, 15) is 4.79 Å². The highest BCUT2D eigenvalue weighted by Crippen LogP contribution is 2.30. The topological polar surface area (TPSA) is 37.3 Å². The van der Waals surface area contributed by atoms with Gasteiger partial charge in [0, 0.05) is 11.3 Å². The Morgan fingerprint density at radius 3 is 3.12 bits per heavy atom. The van der Waals surface area contributed by atoms with Crippen LogP contribution in [0.15, 0.2) is 23.1 Å². The van der Waals surface area contributed by atoms with E-state index >= 15 is 0 Å². The minimum atomic E-state index is -0.702. The van der Waals surface area contributed by atoms with Crippen molar-refractivity contribution >= 4 is 17.7 Å². The van der Waals surface area contributed by atoms with Crippen LogP contribution in [0.5, 0.6) is 0 Å². The van der Waals surface area contributed by atoms with Crippen molar-refractivity contribution in [2.24, 2.45) is 0 Å². The van der Waals surface area contributed by atoms with Crippen molar-refractivity contribution in [3.63, 3.8) is 0 Å². The summed E-state index contributed by atoms with van der Waals surface area (Å²) in [5.41, 5.74) is 2.73. The molecule has 1 aromatic carbocycles. The molecule has 86 valence electrons. The second-order valence-corrected chi connectivity index (χ2v) is 5.28. The Kier molecular flexibility index (Phi) is 3.88. The standard InChI is InChI=1S/C13H16O2S/c14-13(15)5-1-3-10-6-7-11-4-2-8-16-12(11)9-10/h6-7,9H,1-5,8H2,(H,14,15). The molecular weight excluding hydrogens is 220 g/mol. The molecule has 0 atom stereocenters. The van der Waals surface area contributed by atoms with Crippen molar-refractivity contribution in [1.29, 1.82) is 0 Å². The van der Waals surface area contributed by atoms with Gasteiger partial charge in [0.2, 0.25) is 0 Å². The third kappa shape index (κ3) is 3.01. The van der Waals surface area contributed by atoms with Gasteiger partial charge in [-0.3, -0.25) is 4.79 Å². The first-order valence-corrected chi connectivity index (χ1v) is 6.70. The molecule has 3 heteroatoms. The van der Waals surface area contributed by atoms with Gasteiger partial charge in [0.1, 0.15) is 0 Å². The summed E-state index contributed by atoms with van der Waals surface area (Å²) in [6.45, 7) is 0. The summed E-state index contributed by atoms with van der Waals surface area (Å²) in [4.78, 5) is 11.8. The number of fused-ring (bicyclic) bond motifs is 1. The van der Waals surface area contributed by atoms with E-state index < -0.39 is 5.97 Å². The van der Waals surface area contributed by atoms with E-state index in [1.807, 2.05) is 11.8 Å². The van der Waals surface area contributed by atoms with Crippen molar-refractivity contribution in [3.8, 4) is 0 Å². The number of aryl methyl sites for hydroxylation is 2. The molecule has 0 aliphatic carbocycles. The van der Waals surface area contributed by atoms with E-state index in [1.165, 1.54) is 34.6 Å². The predicted molar refractivity (Wildman–Crippen MR) is 66.1 cm³/mol. The lowest BCUT2D eigenvalue weighted by Gasteiger charge is -2.15. The first-order chi connectivity index (χ1) is 7.75. The number of benzene rings is 1. The number of carbonyl (C=O) groups is 1. The second-order valence-electron chi connectivity index (χ2n) is 4.14. The smallest absolute Gasteiger partial charge is 0.303 e. The maximum Gasteiger partial charge on any atom is 0.303 e. The fourth-order valence-electron chi connectivity index (χ4n) is 1.98. The van der Waals surface area contributed by atoms with Crippen LogP contribution in [0.1, 0.15) is 30.4 Å². The summed E-state index contributed by atoms with van der Waals surface area (Å²) in [6, 6.07) is 6.59. The summed E-state index contributed by atoms with van der Waals surface area (Å²) in [5, 5.41) is 8.58. The Bertz CT molecular complexity index is 388. The molecule has 0 amide bonds. The fraction of sp³-hybridized carbons (Fsp3) is 0.462. The highest BCUT2D eigenvalue weighted by molar-refractivity contribution is 7.99. The van der Waals surface area contributed by atoms with Gasteiger partial charge in [-0.1, -0.05) is 12.1 Å². The van der Waals surface area contributed by atoms with Gasteiger partial charge in [0.25, 0.3) is 0 Å². The van der Waals surface area contributed by atoms with Crippen molar-refractivity contribution in [2.75, 3.05) is 5.75 Å². The summed E-state index contributed by atoms with van der Waals surface area (Å²) in [5.74, 6) is 0.512. The summed E-state index contributed by atoms with van der Waals surface area (Å²) in [6.07, 6.45) is 4.34. The Balaban J connectivity index is 1.97. The molecular formula is C13H16O2S. The summed E-state index contributed by atoms with van der Waals surface area (Å²) in [7, 11) is 0. The highest BCUT2D eigenvalue weighted by Gasteiger charge is 2.09. The molecule has 0 radical (unpaired) electrons. The van der Waals surface area contributed by atoms with Gasteiger partial charge >= 0.3 is 5.97 Å². The molecule has 2 rings (SSSR count). The molecule has 1 aliphatic heterocycles. The van der Waals surface area contributed by atoms with E-state index in [4.69, 9.17) is 5.11 Å². The number of aliphatic carboxylic acids is 1. The third-order valence-corrected chi connectivity index (χ3v) is 4.02. The summed E-state index contributed by atoms with van der Waals surface area (Å²) >= 11 is 1.93. The normalized spacial score (nSPS) is 14.5. The molecule has 0 saturated heterocycles. The zero-order chi connectivity index (χ0) is 11.4. The molecule has 0 saturated carbocycles. The Hall–Kier alpha value is -0.960. The average Bonchev–Trinajstić information content (AvgIpc) is 2.28. The molecule has 1 N–H and O–H groups in total. The molecule has 1 aromatic rings. The zero-order valence-electron chi connectivity index (χ0n) is 9.24. The van der Waals surface area contributed by atoms with E-state index in [-0.39, 0.29) is 6.42 Å². The van der Waals surface area contributed by atoms with Gasteiger partial charge in [-0.15, -0.1) is 11.8 Å². The highest BCUT2D eigenvalue weighted by atomic mass is 32.2. The predicted octanol–water partition coefficient (Wildman–Crippen LogP) is 3.13. The van der Waals surface area contributed by atoms with Crippen LogP contribution in [-0.4, -0.2) is 16.8 Å². The number of hydrogen-bond acceptors (Lipinski definition) is 2. The molecule has 0 aromatic heterocycles. The number of thioether (sulfide) groups is 1. The minimum Gasteiger partial charge on any atom is -0.481 e. The first kappa shape index (κ1) is 11.5. The molecule has 0 fully saturated rings. The molecule has 0 spiro atoms. The maximum absolute atomic E-state index is 10.4.